The molecular formula is C25H47NSiTi. The SMILES string of the molecule is CC(C)[Si](C)=[Ti+2].Cc1c[c-](C)c(C)c1C.[NH-]C1CCCCCCCCCCC1. The third-order valence-electron chi connectivity index (χ3n) is 6.15. The minimum absolute atomic E-state index is 0.0484. The summed E-state index contributed by atoms with van der Waals surface area (Å²) in [4.78, 5) is 0. The second-order valence-corrected chi connectivity index (χ2v) is 15.3. The molecule has 1 aromatic rings. The Hall–Kier alpha value is 0.241. The van der Waals surface area contributed by atoms with Crippen LogP contribution in [-0.4, -0.2) is 12.2 Å². The predicted molar refractivity (Wildman–Crippen MR) is 127 cm³/mol. The van der Waals surface area contributed by atoms with E-state index in [4.69, 9.17) is 5.73 Å². The van der Waals surface area contributed by atoms with Crippen molar-refractivity contribution in [3.05, 3.63) is 34.1 Å². The number of aryl methyl sites for hydroxylation is 2. The average Bonchev–Trinajstić information content (AvgIpc) is 2.85. The van der Waals surface area contributed by atoms with E-state index in [2.05, 4.69) is 73.3 Å². The summed E-state index contributed by atoms with van der Waals surface area (Å²) in [6, 6.07) is 2.49. The fraction of sp³-hybridized carbons (Fsp3) is 0.800. The zero-order valence-corrected chi connectivity index (χ0v) is 22.6. The van der Waals surface area contributed by atoms with Crippen LogP contribution in [-0.2, 0) is 19.2 Å². The Morgan fingerprint density at radius 2 is 1.29 bits per heavy atom. The van der Waals surface area contributed by atoms with E-state index in [1.165, 1.54) is 80.0 Å². The molecular weight excluding hydrogens is 390 g/mol. The maximum absolute atomic E-state index is 7.80. The summed E-state index contributed by atoms with van der Waals surface area (Å²) in [6.07, 6.45) is 14.8. The van der Waals surface area contributed by atoms with Gasteiger partial charge in [0.2, 0.25) is 0 Å². The van der Waals surface area contributed by atoms with E-state index in [0.29, 0.717) is 0 Å². The van der Waals surface area contributed by atoms with Gasteiger partial charge in [0.25, 0.3) is 0 Å². The first kappa shape index (κ1) is 28.2. The molecule has 1 fully saturated rings. The Kier molecular flexibility index (Phi) is 17.1. The van der Waals surface area contributed by atoms with Crippen LogP contribution in [0.4, 0.5) is 0 Å². The number of nitrogens with one attached hydrogen (secondary N) is 1. The van der Waals surface area contributed by atoms with Crippen molar-refractivity contribution in [1.29, 1.82) is 0 Å². The quantitative estimate of drug-likeness (QED) is 0.309. The Labute approximate surface area is 189 Å². The third kappa shape index (κ3) is 14.3. The molecule has 0 unspecified atom stereocenters. The Morgan fingerprint density at radius 1 is 0.929 bits per heavy atom. The van der Waals surface area contributed by atoms with E-state index in [1.807, 2.05) is 0 Å². The van der Waals surface area contributed by atoms with Crippen LogP contribution in [0.2, 0.25) is 12.1 Å². The molecule has 0 atom stereocenters. The molecule has 28 heavy (non-hydrogen) atoms. The van der Waals surface area contributed by atoms with Gasteiger partial charge in [0.15, 0.2) is 0 Å². The summed E-state index contributed by atoms with van der Waals surface area (Å²) in [5, 5.41) is 0. The van der Waals surface area contributed by atoms with Crippen LogP contribution >= 0.6 is 0 Å². The van der Waals surface area contributed by atoms with Crippen LogP contribution in [0.5, 0.6) is 0 Å². The molecule has 160 valence electrons. The van der Waals surface area contributed by atoms with E-state index in [-0.39, 0.29) is 12.2 Å². The standard InChI is InChI=1S/C12H24N.C9H13.C4H10Si.Ti/c13-12-10-8-6-4-2-1-3-5-7-9-11-12;1-6-5-7(2)9(4)8(6)3;1-4(2)5-3;/h12-13H,1-11H2;5H,1-4H3;4H,1-3H3;/q2*-1;;+2. The summed E-state index contributed by atoms with van der Waals surface area (Å²) < 4.78 is 0. The van der Waals surface area contributed by atoms with Crippen LogP contribution in [0.1, 0.15) is 107 Å². The van der Waals surface area contributed by atoms with Crippen LogP contribution < -0.4 is 0 Å². The molecule has 0 heterocycles. The molecule has 1 aromatic carbocycles. The van der Waals surface area contributed by atoms with Gasteiger partial charge in [0, 0.05) is 0 Å². The molecule has 2 rings (SSSR count). The Bertz CT molecular complexity index is 498. The van der Waals surface area contributed by atoms with Gasteiger partial charge in [0.1, 0.15) is 0 Å². The van der Waals surface area contributed by atoms with E-state index >= 15 is 0 Å². The molecule has 0 aliphatic heterocycles. The van der Waals surface area contributed by atoms with Gasteiger partial charge in [-0.05, 0) is 0 Å². The molecule has 0 aromatic heterocycles. The summed E-state index contributed by atoms with van der Waals surface area (Å²) in [5.74, 6) is 0. The van der Waals surface area contributed by atoms with Crippen molar-refractivity contribution in [1.82, 2.24) is 0 Å². The number of hydrogen-bond donors (Lipinski definition) is 0. The normalized spacial score (nSPS) is 16.8. The van der Waals surface area contributed by atoms with Gasteiger partial charge in [0.05, 0.1) is 0 Å². The van der Waals surface area contributed by atoms with Gasteiger partial charge in [-0.1, -0.05) is 98.3 Å². The molecule has 1 saturated carbocycles. The number of hydrogen-bond acceptors (Lipinski definition) is 0. The zero-order valence-electron chi connectivity index (χ0n) is 20.0. The Morgan fingerprint density at radius 3 is 1.50 bits per heavy atom. The van der Waals surface area contributed by atoms with Crippen molar-refractivity contribution in [2.75, 3.05) is 0 Å². The second kappa shape index (κ2) is 17.0. The van der Waals surface area contributed by atoms with Crippen molar-refractivity contribution in [2.24, 2.45) is 0 Å². The van der Waals surface area contributed by atoms with Crippen molar-refractivity contribution in [2.45, 2.75) is 130 Å². The van der Waals surface area contributed by atoms with Gasteiger partial charge in [-0.3, -0.25) is 0 Å². The van der Waals surface area contributed by atoms with Crippen molar-refractivity contribution in [3.8, 4) is 0 Å². The monoisotopic (exact) mass is 437 g/mol. The summed E-state index contributed by atoms with van der Waals surface area (Å²) in [7, 11) is 0. The maximum Gasteiger partial charge on any atom is -0.0533 e. The van der Waals surface area contributed by atoms with E-state index in [0.717, 1.165) is 18.4 Å². The first-order chi connectivity index (χ1) is 13.2. The van der Waals surface area contributed by atoms with E-state index in [9.17, 15) is 0 Å². The van der Waals surface area contributed by atoms with Crippen LogP contribution in [0.25, 0.3) is 5.73 Å². The molecule has 1 nitrogen and oxygen atoms in total. The third-order valence-corrected chi connectivity index (χ3v) is 10.6. The maximum atomic E-state index is 7.80. The molecule has 0 spiro atoms. The van der Waals surface area contributed by atoms with Crippen molar-refractivity contribution in [3.63, 3.8) is 0 Å². The fourth-order valence-electron chi connectivity index (χ4n) is 3.30. The molecule has 1 aliphatic rings. The molecule has 0 amide bonds. The van der Waals surface area contributed by atoms with Crippen LogP contribution in [0, 0.1) is 27.7 Å². The molecule has 1 aliphatic carbocycles. The van der Waals surface area contributed by atoms with Crippen LogP contribution in [0.3, 0.4) is 0 Å². The molecule has 1 N–H and O–H groups in total. The molecule has 0 radical (unpaired) electrons. The summed E-state index contributed by atoms with van der Waals surface area (Å²) >= 11 is 2.34. The largest absolute Gasteiger partial charge is 0.675 e. The van der Waals surface area contributed by atoms with Crippen LogP contribution in [0.15, 0.2) is 6.07 Å². The minimum atomic E-state index is 0.0484. The van der Waals surface area contributed by atoms with Gasteiger partial charge in [-0.15, -0.1) is 6.04 Å². The van der Waals surface area contributed by atoms with Gasteiger partial charge in [-0.25, -0.2) is 0 Å². The molecule has 0 bridgehead atoms. The predicted octanol–water partition coefficient (Wildman–Crippen LogP) is 8.92. The van der Waals surface area contributed by atoms with Gasteiger partial charge < -0.3 is 5.73 Å². The fourth-order valence-corrected chi connectivity index (χ4v) is 3.30. The first-order valence-corrected chi connectivity index (χ1v) is 16.0. The minimum Gasteiger partial charge on any atom is -0.675 e. The average molecular weight is 438 g/mol. The number of rotatable bonds is 1. The zero-order chi connectivity index (χ0) is 21.5. The van der Waals surface area contributed by atoms with Crippen molar-refractivity contribution < 1.29 is 19.2 Å². The van der Waals surface area contributed by atoms with E-state index in [1.54, 1.807) is 0 Å². The second-order valence-electron chi connectivity index (χ2n) is 9.05. The van der Waals surface area contributed by atoms with Gasteiger partial charge >= 0.3 is 51.3 Å². The first-order valence-electron chi connectivity index (χ1n) is 11.6. The molecule has 3 heteroatoms. The van der Waals surface area contributed by atoms with E-state index < -0.39 is 0 Å². The molecule has 0 saturated heterocycles. The topological polar surface area (TPSA) is 23.8 Å². The van der Waals surface area contributed by atoms with Gasteiger partial charge in [-0.2, -0.15) is 28.3 Å². The summed E-state index contributed by atoms with van der Waals surface area (Å²) in [6.45, 7) is 15.6. The van der Waals surface area contributed by atoms with Crippen molar-refractivity contribution >= 4 is 6.19 Å². The smallest absolute Gasteiger partial charge is 0.0533 e. The Balaban J connectivity index is 0.000000423. The summed E-state index contributed by atoms with van der Waals surface area (Å²) in [5.41, 5.74) is 14.5.